The number of aryl methyl sites for hydroxylation is 1. The van der Waals surface area contributed by atoms with Crippen LogP contribution in [0.5, 0.6) is 0 Å². The van der Waals surface area contributed by atoms with Gasteiger partial charge in [0.1, 0.15) is 16.9 Å². The lowest BCUT2D eigenvalue weighted by Gasteiger charge is -2.15. The Hall–Kier alpha value is -3.80. The lowest BCUT2D eigenvalue weighted by atomic mass is 10.1. The van der Waals surface area contributed by atoms with Crippen LogP contribution >= 0.6 is 11.3 Å². The van der Waals surface area contributed by atoms with Gasteiger partial charge in [0, 0.05) is 25.4 Å². The summed E-state index contributed by atoms with van der Waals surface area (Å²) in [6.45, 7) is 2.08. The Morgan fingerprint density at radius 2 is 2.16 bits per heavy atom. The van der Waals surface area contributed by atoms with E-state index in [2.05, 4.69) is 36.1 Å². The lowest BCUT2D eigenvalue weighted by Crippen LogP contribution is -2.32. The van der Waals surface area contributed by atoms with Crippen LogP contribution in [0.2, 0.25) is 0 Å². The van der Waals surface area contributed by atoms with Crippen LogP contribution in [-0.4, -0.2) is 60.0 Å². The molecule has 3 aromatic heterocycles. The zero-order chi connectivity index (χ0) is 22.2. The van der Waals surface area contributed by atoms with Crippen molar-refractivity contribution in [3.05, 3.63) is 41.0 Å². The van der Waals surface area contributed by atoms with Gasteiger partial charge in [-0.15, -0.1) is 5.10 Å². The summed E-state index contributed by atoms with van der Waals surface area (Å²) in [6.07, 6.45) is 5.39. The summed E-state index contributed by atoms with van der Waals surface area (Å²) in [4.78, 5) is 31.5. The summed E-state index contributed by atoms with van der Waals surface area (Å²) in [5.74, 6) is 0.303. The summed E-state index contributed by atoms with van der Waals surface area (Å²) >= 11 is 1.21. The summed E-state index contributed by atoms with van der Waals surface area (Å²) in [5.41, 5.74) is 2.85. The molecule has 4 aromatic rings. The normalized spacial score (nSPS) is 13.3. The molecule has 1 aromatic carbocycles. The number of H-pyrrole nitrogens is 1. The van der Waals surface area contributed by atoms with E-state index in [1.165, 1.54) is 17.5 Å². The average molecular weight is 452 g/mol. The Balaban J connectivity index is 1.23. The van der Waals surface area contributed by atoms with E-state index in [1.807, 2.05) is 26.1 Å². The van der Waals surface area contributed by atoms with E-state index in [-0.39, 0.29) is 18.4 Å². The second-order valence-electron chi connectivity index (χ2n) is 7.71. The van der Waals surface area contributed by atoms with Crippen molar-refractivity contribution in [2.75, 3.05) is 17.7 Å². The summed E-state index contributed by atoms with van der Waals surface area (Å²) in [5, 5.41) is 21.5. The molecule has 11 nitrogen and oxygen atoms in total. The number of hydrogen-bond donors (Lipinski definition) is 3. The molecule has 2 amide bonds. The molecular weight excluding hydrogens is 430 g/mol. The minimum absolute atomic E-state index is 0.0350. The van der Waals surface area contributed by atoms with E-state index in [1.54, 1.807) is 21.8 Å². The van der Waals surface area contributed by atoms with Gasteiger partial charge < -0.3 is 15.5 Å². The number of aromatic amines is 1. The van der Waals surface area contributed by atoms with Crippen molar-refractivity contribution in [2.24, 2.45) is 0 Å². The first-order valence-electron chi connectivity index (χ1n) is 10.1. The highest BCUT2D eigenvalue weighted by atomic mass is 32.1. The molecule has 32 heavy (non-hydrogen) atoms. The molecule has 0 unspecified atom stereocenters. The topological polar surface area (TPSA) is 134 Å². The second-order valence-corrected chi connectivity index (χ2v) is 8.74. The van der Waals surface area contributed by atoms with E-state index >= 15 is 0 Å². The largest absolute Gasteiger partial charge is 0.341 e. The molecule has 3 N–H and O–H groups in total. The SMILES string of the molecule is Cc1ccc2[nH]nnc2c1NC(=O)c1cnc(Nc2ccn(CC(=O)N(C)C3CC3)n2)s1. The molecule has 5 rings (SSSR count). The number of benzene rings is 1. The molecule has 12 heteroatoms. The Kier molecular flexibility index (Phi) is 5.05. The maximum absolute atomic E-state index is 12.8. The highest BCUT2D eigenvalue weighted by Crippen LogP contribution is 2.27. The monoisotopic (exact) mass is 451 g/mol. The zero-order valence-corrected chi connectivity index (χ0v) is 18.3. The van der Waals surface area contributed by atoms with Gasteiger partial charge in [-0.1, -0.05) is 22.6 Å². The van der Waals surface area contributed by atoms with Gasteiger partial charge in [0.15, 0.2) is 10.9 Å². The van der Waals surface area contributed by atoms with Gasteiger partial charge in [0.25, 0.3) is 5.91 Å². The summed E-state index contributed by atoms with van der Waals surface area (Å²) in [6, 6.07) is 5.89. The number of carbonyl (C=O) groups is 2. The number of anilines is 3. The maximum Gasteiger partial charge on any atom is 0.267 e. The minimum atomic E-state index is -0.284. The van der Waals surface area contributed by atoms with Crippen LogP contribution in [0.3, 0.4) is 0 Å². The van der Waals surface area contributed by atoms with E-state index in [9.17, 15) is 9.59 Å². The molecule has 164 valence electrons. The van der Waals surface area contributed by atoms with Gasteiger partial charge in [-0.3, -0.25) is 19.4 Å². The van der Waals surface area contributed by atoms with Crippen LogP contribution in [0.15, 0.2) is 30.6 Å². The lowest BCUT2D eigenvalue weighted by molar-refractivity contribution is -0.131. The number of nitrogens with one attached hydrogen (secondary N) is 3. The maximum atomic E-state index is 12.8. The number of fused-ring (bicyclic) bond motifs is 1. The molecule has 0 radical (unpaired) electrons. The number of nitrogens with zero attached hydrogens (tertiary/aromatic N) is 6. The van der Waals surface area contributed by atoms with Crippen LogP contribution in [-0.2, 0) is 11.3 Å². The molecule has 0 atom stereocenters. The molecule has 3 heterocycles. The Morgan fingerprint density at radius 3 is 2.97 bits per heavy atom. The van der Waals surface area contributed by atoms with E-state index in [0.717, 1.165) is 23.9 Å². The van der Waals surface area contributed by atoms with Crippen LogP contribution in [0.4, 0.5) is 16.6 Å². The molecular formula is C20H21N9O2S. The molecule has 1 aliphatic rings. The smallest absolute Gasteiger partial charge is 0.267 e. The van der Waals surface area contributed by atoms with Crippen molar-refractivity contribution in [1.82, 2.24) is 35.1 Å². The fraction of sp³-hybridized carbons (Fsp3) is 0.300. The molecule has 1 fully saturated rings. The molecule has 1 aliphatic carbocycles. The number of hydrogen-bond acceptors (Lipinski definition) is 8. The zero-order valence-electron chi connectivity index (χ0n) is 17.5. The van der Waals surface area contributed by atoms with Gasteiger partial charge in [-0.2, -0.15) is 5.10 Å². The first-order chi connectivity index (χ1) is 15.5. The fourth-order valence-corrected chi connectivity index (χ4v) is 4.04. The van der Waals surface area contributed by atoms with Crippen molar-refractivity contribution in [2.45, 2.75) is 32.4 Å². The van der Waals surface area contributed by atoms with Gasteiger partial charge in [-0.25, -0.2) is 4.98 Å². The Morgan fingerprint density at radius 1 is 1.31 bits per heavy atom. The molecule has 0 aliphatic heterocycles. The van der Waals surface area contributed by atoms with Crippen molar-refractivity contribution in [3.63, 3.8) is 0 Å². The summed E-state index contributed by atoms with van der Waals surface area (Å²) < 4.78 is 1.59. The number of amides is 2. The van der Waals surface area contributed by atoms with E-state index in [0.29, 0.717) is 33.1 Å². The van der Waals surface area contributed by atoms with Crippen LogP contribution < -0.4 is 10.6 Å². The second kappa shape index (κ2) is 8.04. The van der Waals surface area contributed by atoms with Gasteiger partial charge in [0.2, 0.25) is 5.91 Å². The number of thiazole rings is 1. The minimum Gasteiger partial charge on any atom is -0.341 e. The van der Waals surface area contributed by atoms with Crippen molar-refractivity contribution in [3.8, 4) is 0 Å². The highest BCUT2D eigenvalue weighted by molar-refractivity contribution is 7.17. The Labute approximate surface area is 186 Å². The third-order valence-electron chi connectivity index (χ3n) is 5.34. The highest BCUT2D eigenvalue weighted by Gasteiger charge is 2.29. The van der Waals surface area contributed by atoms with Gasteiger partial charge in [0.05, 0.1) is 17.4 Å². The first-order valence-corrected chi connectivity index (χ1v) is 10.9. The van der Waals surface area contributed by atoms with Gasteiger partial charge in [-0.05, 0) is 31.4 Å². The van der Waals surface area contributed by atoms with E-state index in [4.69, 9.17) is 0 Å². The van der Waals surface area contributed by atoms with Gasteiger partial charge >= 0.3 is 0 Å². The Bertz CT molecular complexity index is 1300. The number of carbonyl (C=O) groups excluding carboxylic acids is 2. The van der Waals surface area contributed by atoms with Crippen molar-refractivity contribution in [1.29, 1.82) is 0 Å². The standard InChI is InChI=1S/C20H21N9O2S/c1-11-3-6-13-18(25-27-24-13)17(11)23-19(31)14-9-21-20(32-14)22-15-7-8-29(26-15)10-16(30)28(2)12-4-5-12/h3,6-9,12H,4-5,10H2,1-2H3,(H,23,31)(H,21,22,26)(H,24,25,27). The quantitative estimate of drug-likeness (QED) is 0.393. The van der Waals surface area contributed by atoms with Crippen LogP contribution in [0.25, 0.3) is 11.0 Å². The van der Waals surface area contributed by atoms with E-state index < -0.39 is 0 Å². The fourth-order valence-electron chi connectivity index (χ4n) is 3.33. The summed E-state index contributed by atoms with van der Waals surface area (Å²) in [7, 11) is 1.83. The first kappa shape index (κ1) is 20.1. The molecule has 1 saturated carbocycles. The number of rotatable bonds is 7. The third kappa shape index (κ3) is 4.04. The predicted molar refractivity (Wildman–Crippen MR) is 120 cm³/mol. The van der Waals surface area contributed by atoms with Crippen LogP contribution in [0.1, 0.15) is 28.1 Å². The molecule has 0 spiro atoms. The molecule has 0 bridgehead atoms. The number of aromatic nitrogens is 6. The average Bonchev–Trinajstić information content (AvgIpc) is 3.14. The predicted octanol–water partition coefficient (Wildman–Crippen LogP) is 2.54. The van der Waals surface area contributed by atoms with Crippen LogP contribution in [0, 0.1) is 6.92 Å². The van der Waals surface area contributed by atoms with Crippen molar-refractivity contribution < 1.29 is 9.59 Å². The molecule has 0 saturated heterocycles. The third-order valence-corrected chi connectivity index (χ3v) is 6.25. The number of likely N-dealkylation sites (N-methyl/N-ethyl adjacent to an activating group) is 1. The van der Waals surface area contributed by atoms with Crippen molar-refractivity contribution >= 4 is 50.8 Å².